The smallest absolute Gasteiger partial charge is 0.419 e. The molecule has 0 bridgehead atoms. The fourth-order valence-corrected chi connectivity index (χ4v) is 3.74. The Labute approximate surface area is 195 Å². The third-order valence-electron chi connectivity index (χ3n) is 5.28. The Morgan fingerprint density at radius 3 is 2.50 bits per heavy atom. The van der Waals surface area contributed by atoms with Crippen LogP contribution in [0.1, 0.15) is 36.9 Å². The number of carbonyl (C=O) groups excluding carboxylic acids is 1. The monoisotopic (exact) mass is 498 g/mol. The first kappa shape index (κ1) is 25.2. The van der Waals surface area contributed by atoms with E-state index in [-0.39, 0.29) is 34.5 Å². The highest BCUT2D eigenvalue weighted by Gasteiger charge is 2.34. The Bertz CT molecular complexity index is 1320. The molecule has 0 aliphatic heterocycles. The minimum atomic E-state index is -4.91. The van der Waals surface area contributed by atoms with Gasteiger partial charge in [0, 0.05) is 29.4 Å². The number of aromatic nitrogens is 1. The Balaban J connectivity index is 1.89. The number of rotatable bonds is 7. The number of nitrogens with one attached hydrogen (secondary N) is 1. The molecule has 0 fully saturated rings. The molecule has 2 aromatic carbocycles. The number of hydrogen-bond donors (Lipinski definition) is 2. The maximum absolute atomic E-state index is 13.5. The van der Waals surface area contributed by atoms with Crippen molar-refractivity contribution in [2.75, 3.05) is 5.32 Å². The number of nitrogens with zero attached hydrogens (tertiary/aromatic N) is 1. The second-order valence-electron chi connectivity index (χ2n) is 7.73. The summed E-state index contributed by atoms with van der Waals surface area (Å²) < 4.78 is 53.7. The summed E-state index contributed by atoms with van der Waals surface area (Å²) in [7, 11) is 0. The van der Waals surface area contributed by atoms with Gasteiger partial charge in [-0.1, -0.05) is 17.7 Å². The topological polar surface area (TPSA) is 88.4 Å². The molecule has 1 amide bonds. The normalized spacial score (nSPS) is 12.5. The SMILES string of the molecule is C[C@H](CCC(=O)O)n1ccc2c(NC(=O)Cc3ccc(F)c(C(F)(F)F)c3)c(Cl)ccc2c1=O. The zero-order chi connectivity index (χ0) is 25.2. The van der Waals surface area contributed by atoms with Gasteiger partial charge in [0.2, 0.25) is 5.91 Å². The largest absolute Gasteiger partial charge is 0.481 e. The van der Waals surface area contributed by atoms with E-state index in [2.05, 4.69) is 5.32 Å². The molecule has 6 nitrogen and oxygen atoms in total. The summed E-state index contributed by atoms with van der Waals surface area (Å²) >= 11 is 6.21. The predicted molar refractivity (Wildman–Crippen MR) is 119 cm³/mol. The molecule has 0 unspecified atom stereocenters. The van der Waals surface area contributed by atoms with Gasteiger partial charge >= 0.3 is 12.1 Å². The van der Waals surface area contributed by atoms with Crippen molar-refractivity contribution >= 4 is 39.9 Å². The summed E-state index contributed by atoms with van der Waals surface area (Å²) in [6, 6.07) is 6.28. The lowest BCUT2D eigenvalue weighted by Crippen LogP contribution is -2.24. The second kappa shape index (κ2) is 9.84. The zero-order valence-corrected chi connectivity index (χ0v) is 18.5. The van der Waals surface area contributed by atoms with Crippen LogP contribution in [0.15, 0.2) is 47.4 Å². The van der Waals surface area contributed by atoms with Crippen molar-refractivity contribution in [1.29, 1.82) is 0 Å². The molecule has 2 N–H and O–H groups in total. The Kier molecular flexibility index (Phi) is 7.30. The number of benzene rings is 2. The zero-order valence-electron chi connectivity index (χ0n) is 17.7. The van der Waals surface area contributed by atoms with Crippen molar-refractivity contribution in [2.24, 2.45) is 0 Å². The van der Waals surface area contributed by atoms with Crippen molar-refractivity contribution in [3.05, 3.63) is 74.9 Å². The second-order valence-corrected chi connectivity index (χ2v) is 8.14. The molecule has 0 spiro atoms. The minimum absolute atomic E-state index is 0.0582. The summed E-state index contributed by atoms with van der Waals surface area (Å²) in [5.41, 5.74) is -1.85. The predicted octanol–water partition coefficient (Wildman–Crippen LogP) is 5.42. The lowest BCUT2D eigenvalue weighted by molar-refractivity contribution is -0.140. The molecule has 11 heteroatoms. The molecule has 0 saturated carbocycles. The highest BCUT2D eigenvalue weighted by atomic mass is 35.5. The quantitative estimate of drug-likeness (QED) is 0.426. The van der Waals surface area contributed by atoms with Gasteiger partial charge in [0.1, 0.15) is 5.82 Å². The van der Waals surface area contributed by atoms with E-state index in [0.717, 1.165) is 6.07 Å². The Morgan fingerprint density at radius 1 is 1.15 bits per heavy atom. The highest BCUT2D eigenvalue weighted by Crippen LogP contribution is 2.33. The molecular formula is C23H19ClF4N2O4. The summed E-state index contributed by atoms with van der Waals surface area (Å²) in [5, 5.41) is 12.0. The fourth-order valence-electron chi connectivity index (χ4n) is 3.53. The number of carboxylic acids is 1. The summed E-state index contributed by atoms with van der Waals surface area (Å²) in [6.45, 7) is 1.70. The number of anilines is 1. The molecule has 34 heavy (non-hydrogen) atoms. The van der Waals surface area contributed by atoms with Crippen LogP contribution in [0.25, 0.3) is 10.8 Å². The first-order valence-corrected chi connectivity index (χ1v) is 10.5. The maximum atomic E-state index is 13.5. The average Bonchev–Trinajstić information content (AvgIpc) is 2.74. The van der Waals surface area contributed by atoms with E-state index >= 15 is 0 Å². The molecule has 0 saturated heterocycles. The number of halogens is 5. The molecule has 1 aromatic heterocycles. The van der Waals surface area contributed by atoms with E-state index in [1.807, 2.05) is 0 Å². The number of pyridine rings is 1. The number of carboxylic acid groups (broad SMARTS) is 1. The molecule has 0 aliphatic rings. The number of alkyl halides is 3. The van der Waals surface area contributed by atoms with Crippen LogP contribution in [0.2, 0.25) is 5.02 Å². The molecule has 3 rings (SSSR count). The number of amides is 1. The number of fused-ring (bicyclic) bond motifs is 1. The lowest BCUT2D eigenvalue weighted by Gasteiger charge is -2.17. The molecule has 0 radical (unpaired) electrons. The van der Waals surface area contributed by atoms with Crippen LogP contribution in [0, 0.1) is 5.82 Å². The number of aliphatic carboxylic acids is 1. The molecule has 1 atom stereocenters. The van der Waals surface area contributed by atoms with Crippen molar-refractivity contribution in [1.82, 2.24) is 4.57 Å². The number of hydrogen-bond acceptors (Lipinski definition) is 3. The maximum Gasteiger partial charge on any atom is 0.419 e. The van der Waals surface area contributed by atoms with Gasteiger partial charge in [-0.15, -0.1) is 0 Å². The molecule has 1 heterocycles. The Hall–Kier alpha value is -3.40. The van der Waals surface area contributed by atoms with Gasteiger partial charge in [-0.25, -0.2) is 4.39 Å². The van der Waals surface area contributed by atoms with E-state index < -0.39 is 47.5 Å². The standard InChI is InChI=1S/C23H19ClF4N2O4/c1-12(2-7-20(32)33)30-9-8-14-15(22(30)34)4-5-17(24)21(14)29-19(31)11-13-3-6-18(25)16(10-13)23(26,27)28/h3-6,8-10,12H,2,7,11H2,1H3,(H,29,31)(H,32,33)/t12-/m1/s1. The van der Waals surface area contributed by atoms with Gasteiger partial charge in [-0.05, 0) is 49.2 Å². The van der Waals surface area contributed by atoms with Crippen molar-refractivity contribution < 1.29 is 32.3 Å². The Morgan fingerprint density at radius 2 is 1.85 bits per heavy atom. The molecule has 180 valence electrons. The first-order valence-electron chi connectivity index (χ1n) is 10.1. The average molecular weight is 499 g/mol. The van der Waals surface area contributed by atoms with Gasteiger partial charge in [-0.2, -0.15) is 13.2 Å². The van der Waals surface area contributed by atoms with Crippen LogP contribution in [0.4, 0.5) is 23.2 Å². The van der Waals surface area contributed by atoms with Crippen LogP contribution in [0.5, 0.6) is 0 Å². The third kappa shape index (κ3) is 5.56. The van der Waals surface area contributed by atoms with E-state index in [1.165, 1.54) is 29.0 Å². The van der Waals surface area contributed by atoms with Crippen LogP contribution >= 0.6 is 11.6 Å². The van der Waals surface area contributed by atoms with Crippen LogP contribution in [-0.4, -0.2) is 21.6 Å². The van der Waals surface area contributed by atoms with E-state index in [1.54, 1.807) is 6.92 Å². The van der Waals surface area contributed by atoms with E-state index in [9.17, 15) is 31.9 Å². The fraction of sp³-hybridized carbons (Fsp3) is 0.261. The van der Waals surface area contributed by atoms with E-state index in [0.29, 0.717) is 17.5 Å². The van der Waals surface area contributed by atoms with Crippen molar-refractivity contribution in [2.45, 2.75) is 38.4 Å². The van der Waals surface area contributed by atoms with Crippen LogP contribution in [0.3, 0.4) is 0 Å². The number of carbonyl (C=O) groups is 2. The summed E-state index contributed by atoms with van der Waals surface area (Å²) in [4.78, 5) is 36.3. The third-order valence-corrected chi connectivity index (χ3v) is 5.59. The molecule has 0 aliphatic carbocycles. The van der Waals surface area contributed by atoms with Crippen LogP contribution < -0.4 is 10.9 Å². The lowest BCUT2D eigenvalue weighted by atomic mass is 10.1. The molecule has 3 aromatic rings. The van der Waals surface area contributed by atoms with Gasteiger partial charge in [-0.3, -0.25) is 14.4 Å². The van der Waals surface area contributed by atoms with Gasteiger partial charge < -0.3 is 15.0 Å². The van der Waals surface area contributed by atoms with Gasteiger partial charge in [0.05, 0.1) is 22.7 Å². The van der Waals surface area contributed by atoms with Gasteiger partial charge in [0.25, 0.3) is 5.56 Å². The first-order chi connectivity index (χ1) is 15.9. The van der Waals surface area contributed by atoms with Gasteiger partial charge in [0.15, 0.2) is 0 Å². The summed E-state index contributed by atoms with van der Waals surface area (Å²) in [6.07, 6.45) is -3.82. The highest BCUT2D eigenvalue weighted by molar-refractivity contribution is 6.35. The van der Waals surface area contributed by atoms with E-state index in [4.69, 9.17) is 16.7 Å². The van der Waals surface area contributed by atoms with Crippen LogP contribution in [-0.2, 0) is 22.2 Å². The molecular weight excluding hydrogens is 480 g/mol. The summed E-state index contributed by atoms with van der Waals surface area (Å²) in [5.74, 6) is -3.14. The van der Waals surface area contributed by atoms with Crippen molar-refractivity contribution in [3.8, 4) is 0 Å². The minimum Gasteiger partial charge on any atom is -0.481 e. The van der Waals surface area contributed by atoms with Crippen molar-refractivity contribution in [3.63, 3.8) is 0 Å².